The van der Waals surface area contributed by atoms with Gasteiger partial charge in [0.25, 0.3) is 5.91 Å². The van der Waals surface area contributed by atoms with Crippen LogP contribution in [0.4, 0.5) is 5.69 Å². The molecule has 122 valence electrons. The Balaban J connectivity index is 1.48. The van der Waals surface area contributed by atoms with E-state index in [1.807, 2.05) is 36.5 Å². The molecule has 1 amide bonds. The first-order valence-electron chi connectivity index (χ1n) is 7.86. The number of nitrogens with one attached hydrogen (secondary N) is 1. The standard InChI is InChI=1S/C19H15N5O/c25-19(15-6-7-17-18(10-15)21-9-8-20-17)23-16-11-22-24(13-16)12-14-4-2-1-3-5-14/h1-11,13H,12H2,(H,23,25). The van der Waals surface area contributed by atoms with Crippen molar-refractivity contribution in [2.75, 3.05) is 5.32 Å². The van der Waals surface area contributed by atoms with E-state index in [1.54, 1.807) is 41.5 Å². The van der Waals surface area contributed by atoms with Crippen LogP contribution in [0.3, 0.4) is 0 Å². The first kappa shape index (κ1) is 15.0. The van der Waals surface area contributed by atoms with Gasteiger partial charge in [-0.1, -0.05) is 30.3 Å². The van der Waals surface area contributed by atoms with Crippen LogP contribution in [-0.2, 0) is 6.54 Å². The number of aromatic nitrogens is 4. The Morgan fingerprint density at radius 1 is 1.00 bits per heavy atom. The maximum absolute atomic E-state index is 12.4. The normalized spacial score (nSPS) is 10.7. The van der Waals surface area contributed by atoms with Crippen molar-refractivity contribution in [1.29, 1.82) is 0 Å². The molecule has 0 aliphatic heterocycles. The molecular weight excluding hydrogens is 314 g/mol. The zero-order valence-corrected chi connectivity index (χ0v) is 13.3. The summed E-state index contributed by atoms with van der Waals surface area (Å²) in [5, 5.41) is 7.15. The minimum atomic E-state index is -0.202. The lowest BCUT2D eigenvalue weighted by Gasteiger charge is -2.04. The number of anilines is 1. The molecule has 0 saturated carbocycles. The minimum Gasteiger partial charge on any atom is -0.319 e. The molecule has 25 heavy (non-hydrogen) atoms. The number of amides is 1. The summed E-state index contributed by atoms with van der Waals surface area (Å²) in [4.78, 5) is 20.9. The zero-order chi connectivity index (χ0) is 17.1. The quantitative estimate of drug-likeness (QED) is 0.624. The molecule has 0 aliphatic rings. The highest BCUT2D eigenvalue weighted by molar-refractivity contribution is 6.05. The van der Waals surface area contributed by atoms with Crippen molar-refractivity contribution < 1.29 is 4.79 Å². The van der Waals surface area contributed by atoms with E-state index >= 15 is 0 Å². The Morgan fingerprint density at radius 3 is 2.64 bits per heavy atom. The summed E-state index contributed by atoms with van der Waals surface area (Å²) in [5.74, 6) is -0.202. The van der Waals surface area contributed by atoms with E-state index < -0.39 is 0 Å². The summed E-state index contributed by atoms with van der Waals surface area (Å²) in [6, 6.07) is 15.3. The molecule has 0 spiro atoms. The zero-order valence-electron chi connectivity index (χ0n) is 13.3. The summed E-state index contributed by atoms with van der Waals surface area (Å²) in [7, 11) is 0. The predicted octanol–water partition coefficient (Wildman–Crippen LogP) is 3.13. The van der Waals surface area contributed by atoms with E-state index in [9.17, 15) is 4.79 Å². The van der Waals surface area contributed by atoms with Crippen molar-refractivity contribution in [2.24, 2.45) is 0 Å². The van der Waals surface area contributed by atoms with Crippen LogP contribution in [0.25, 0.3) is 11.0 Å². The summed E-state index contributed by atoms with van der Waals surface area (Å²) < 4.78 is 1.79. The van der Waals surface area contributed by atoms with Gasteiger partial charge >= 0.3 is 0 Å². The molecule has 6 nitrogen and oxygen atoms in total. The Hall–Kier alpha value is -3.54. The van der Waals surface area contributed by atoms with Crippen molar-refractivity contribution in [2.45, 2.75) is 6.54 Å². The fourth-order valence-electron chi connectivity index (χ4n) is 2.59. The molecule has 0 aliphatic carbocycles. The molecule has 0 unspecified atom stereocenters. The average molecular weight is 329 g/mol. The van der Waals surface area contributed by atoms with E-state index in [-0.39, 0.29) is 5.91 Å². The van der Waals surface area contributed by atoms with Crippen molar-refractivity contribution in [3.05, 3.63) is 84.4 Å². The Morgan fingerprint density at radius 2 is 1.80 bits per heavy atom. The lowest BCUT2D eigenvalue weighted by atomic mass is 10.2. The lowest BCUT2D eigenvalue weighted by Crippen LogP contribution is -2.11. The first-order valence-corrected chi connectivity index (χ1v) is 7.86. The molecule has 0 fully saturated rings. The van der Waals surface area contributed by atoms with Gasteiger partial charge in [-0.25, -0.2) is 0 Å². The van der Waals surface area contributed by atoms with Crippen LogP contribution < -0.4 is 5.32 Å². The fourth-order valence-corrected chi connectivity index (χ4v) is 2.59. The van der Waals surface area contributed by atoms with Crippen molar-refractivity contribution in [3.63, 3.8) is 0 Å². The van der Waals surface area contributed by atoms with E-state index in [0.717, 1.165) is 11.1 Å². The third-order valence-electron chi connectivity index (χ3n) is 3.81. The van der Waals surface area contributed by atoms with Gasteiger partial charge in [-0.05, 0) is 23.8 Å². The maximum Gasteiger partial charge on any atom is 0.255 e. The number of rotatable bonds is 4. The third-order valence-corrected chi connectivity index (χ3v) is 3.81. The smallest absolute Gasteiger partial charge is 0.255 e. The molecule has 2 heterocycles. The van der Waals surface area contributed by atoms with Gasteiger partial charge in [-0.2, -0.15) is 5.10 Å². The van der Waals surface area contributed by atoms with Crippen LogP contribution in [0.1, 0.15) is 15.9 Å². The Kier molecular flexibility index (Phi) is 3.92. The van der Waals surface area contributed by atoms with Crippen LogP contribution in [0, 0.1) is 0 Å². The van der Waals surface area contributed by atoms with Crippen molar-refractivity contribution >= 4 is 22.6 Å². The van der Waals surface area contributed by atoms with E-state index in [1.165, 1.54) is 0 Å². The minimum absolute atomic E-state index is 0.202. The molecule has 4 aromatic rings. The van der Waals surface area contributed by atoms with Crippen LogP contribution in [0.15, 0.2) is 73.3 Å². The monoisotopic (exact) mass is 329 g/mol. The van der Waals surface area contributed by atoms with E-state index in [4.69, 9.17) is 0 Å². The predicted molar refractivity (Wildman–Crippen MR) is 95.3 cm³/mol. The molecule has 0 radical (unpaired) electrons. The number of hydrogen-bond acceptors (Lipinski definition) is 4. The average Bonchev–Trinajstić information content (AvgIpc) is 3.09. The second kappa shape index (κ2) is 6.52. The van der Waals surface area contributed by atoms with Gasteiger partial charge in [0.15, 0.2) is 0 Å². The van der Waals surface area contributed by atoms with Gasteiger partial charge in [0.05, 0.1) is 29.5 Å². The third kappa shape index (κ3) is 3.37. The van der Waals surface area contributed by atoms with E-state index in [0.29, 0.717) is 23.3 Å². The SMILES string of the molecule is O=C(Nc1cnn(Cc2ccccc2)c1)c1ccc2nccnc2c1. The number of nitrogens with zero attached hydrogens (tertiary/aromatic N) is 4. The molecule has 0 atom stereocenters. The summed E-state index contributed by atoms with van der Waals surface area (Å²) in [6.07, 6.45) is 6.69. The summed E-state index contributed by atoms with van der Waals surface area (Å²) >= 11 is 0. The summed E-state index contributed by atoms with van der Waals surface area (Å²) in [6.45, 7) is 0.655. The molecule has 2 aromatic carbocycles. The van der Waals surface area contributed by atoms with Gasteiger partial charge in [-0.15, -0.1) is 0 Å². The van der Waals surface area contributed by atoms with Crippen molar-refractivity contribution in [3.8, 4) is 0 Å². The van der Waals surface area contributed by atoms with Gasteiger partial charge in [-0.3, -0.25) is 19.4 Å². The lowest BCUT2D eigenvalue weighted by molar-refractivity contribution is 0.102. The molecule has 2 aromatic heterocycles. The summed E-state index contributed by atoms with van der Waals surface area (Å²) in [5.41, 5.74) is 3.78. The van der Waals surface area contributed by atoms with Gasteiger partial charge in [0.2, 0.25) is 0 Å². The highest BCUT2D eigenvalue weighted by Crippen LogP contribution is 2.14. The topological polar surface area (TPSA) is 72.7 Å². The maximum atomic E-state index is 12.4. The molecule has 0 saturated heterocycles. The molecular formula is C19H15N5O. The van der Waals surface area contributed by atoms with Gasteiger partial charge in [0.1, 0.15) is 0 Å². The molecule has 6 heteroatoms. The molecule has 1 N–H and O–H groups in total. The van der Waals surface area contributed by atoms with E-state index in [2.05, 4.69) is 20.4 Å². The Bertz CT molecular complexity index is 1030. The van der Waals surface area contributed by atoms with Crippen LogP contribution >= 0.6 is 0 Å². The number of hydrogen-bond donors (Lipinski definition) is 1. The molecule has 4 rings (SSSR count). The number of benzene rings is 2. The Labute approximate surface area is 144 Å². The van der Waals surface area contributed by atoms with Crippen LogP contribution in [-0.4, -0.2) is 25.7 Å². The number of carbonyl (C=O) groups is 1. The van der Waals surface area contributed by atoms with Crippen molar-refractivity contribution in [1.82, 2.24) is 19.7 Å². The first-order chi connectivity index (χ1) is 12.3. The van der Waals surface area contributed by atoms with Gasteiger partial charge in [0, 0.05) is 24.2 Å². The highest BCUT2D eigenvalue weighted by Gasteiger charge is 2.09. The highest BCUT2D eigenvalue weighted by atomic mass is 16.1. The van der Waals surface area contributed by atoms with Crippen LogP contribution in [0.5, 0.6) is 0 Å². The second-order valence-electron chi connectivity index (χ2n) is 5.63. The molecule has 0 bridgehead atoms. The number of carbonyl (C=O) groups excluding carboxylic acids is 1. The second-order valence-corrected chi connectivity index (χ2v) is 5.63. The fraction of sp³-hybridized carbons (Fsp3) is 0.0526. The largest absolute Gasteiger partial charge is 0.319 e. The number of fused-ring (bicyclic) bond motifs is 1. The van der Waals surface area contributed by atoms with Crippen LogP contribution in [0.2, 0.25) is 0 Å². The van der Waals surface area contributed by atoms with Gasteiger partial charge < -0.3 is 5.32 Å².